The van der Waals surface area contributed by atoms with Crippen LogP contribution in [0.3, 0.4) is 0 Å². The molecule has 0 unspecified atom stereocenters. The number of sulfonamides is 1. The summed E-state index contributed by atoms with van der Waals surface area (Å²) in [7, 11) is -3.30. The van der Waals surface area contributed by atoms with Crippen LogP contribution in [0.4, 0.5) is 5.69 Å². The molecule has 1 aromatic carbocycles. The third-order valence-electron chi connectivity index (χ3n) is 3.30. The molecule has 1 aliphatic heterocycles. The predicted molar refractivity (Wildman–Crippen MR) is 85.4 cm³/mol. The molecule has 0 bridgehead atoms. The smallest absolute Gasteiger partial charge is 0.239 e. The van der Waals surface area contributed by atoms with Crippen LogP contribution in [0.5, 0.6) is 5.75 Å². The Hall–Kier alpha value is -1.60. The lowest BCUT2D eigenvalue weighted by Gasteiger charge is -2.25. The van der Waals surface area contributed by atoms with E-state index in [1.54, 1.807) is 18.2 Å². The molecular weight excluding hydrogens is 304 g/mol. The van der Waals surface area contributed by atoms with Crippen LogP contribution in [0.1, 0.15) is 26.7 Å². The number of carbonyl (C=O) groups excluding carboxylic acids is 1. The average Bonchev–Trinajstić information content (AvgIpc) is 2.43. The zero-order valence-electron chi connectivity index (χ0n) is 12.9. The van der Waals surface area contributed by atoms with Crippen LogP contribution >= 0.6 is 0 Å². The van der Waals surface area contributed by atoms with Gasteiger partial charge < -0.3 is 10.1 Å². The Bertz CT molecular complexity index is 628. The van der Waals surface area contributed by atoms with Crippen LogP contribution in [0.25, 0.3) is 0 Å². The van der Waals surface area contributed by atoms with Gasteiger partial charge in [-0.2, -0.15) is 4.31 Å². The van der Waals surface area contributed by atoms with Crippen LogP contribution in [-0.4, -0.2) is 43.6 Å². The normalized spacial score (nSPS) is 18.1. The minimum atomic E-state index is -3.30. The van der Waals surface area contributed by atoms with Crippen LogP contribution < -0.4 is 10.1 Å². The molecule has 0 spiro atoms. The summed E-state index contributed by atoms with van der Waals surface area (Å²) in [6.07, 6.45) is 1.44. The third kappa shape index (κ3) is 4.45. The highest BCUT2D eigenvalue weighted by Crippen LogP contribution is 2.25. The van der Waals surface area contributed by atoms with Crippen LogP contribution in [0, 0.1) is 0 Å². The molecule has 1 amide bonds. The minimum absolute atomic E-state index is 0.0134. The molecule has 0 aromatic heterocycles. The van der Waals surface area contributed by atoms with Gasteiger partial charge in [0, 0.05) is 6.54 Å². The Kier molecular flexibility index (Phi) is 5.42. The van der Waals surface area contributed by atoms with Crippen molar-refractivity contribution in [2.24, 2.45) is 0 Å². The second-order valence-electron chi connectivity index (χ2n) is 5.57. The Morgan fingerprint density at radius 1 is 1.32 bits per heavy atom. The fraction of sp³-hybridized carbons (Fsp3) is 0.533. The Balaban J connectivity index is 2.03. The van der Waals surface area contributed by atoms with Gasteiger partial charge in [-0.3, -0.25) is 4.79 Å². The molecule has 0 aliphatic carbocycles. The van der Waals surface area contributed by atoms with Crippen molar-refractivity contribution < 1.29 is 17.9 Å². The SMILES string of the molecule is CC(C)Oc1ccccc1NC(=O)CN1CCCCS1(=O)=O. The molecule has 0 saturated carbocycles. The monoisotopic (exact) mass is 326 g/mol. The van der Waals surface area contributed by atoms with E-state index in [2.05, 4.69) is 5.32 Å². The van der Waals surface area contributed by atoms with Crippen molar-refractivity contribution in [3.63, 3.8) is 0 Å². The Labute approximate surface area is 131 Å². The number of rotatable bonds is 5. The zero-order valence-corrected chi connectivity index (χ0v) is 13.7. The average molecular weight is 326 g/mol. The first-order valence-corrected chi connectivity index (χ1v) is 9.03. The second kappa shape index (κ2) is 7.11. The van der Waals surface area contributed by atoms with Gasteiger partial charge in [-0.15, -0.1) is 0 Å². The molecule has 0 radical (unpaired) electrons. The molecule has 1 N–H and O–H groups in total. The zero-order chi connectivity index (χ0) is 16.2. The van der Waals surface area contributed by atoms with Crippen molar-refractivity contribution in [1.29, 1.82) is 0 Å². The number of benzene rings is 1. The van der Waals surface area contributed by atoms with Gasteiger partial charge in [0.25, 0.3) is 0 Å². The molecule has 1 saturated heterocycles. The van der Waals surface area contributed by atoms with Crippen molar-refractivity contribution in [3.05, 3.63) is 24.3 Å². The standard InChI is InChI=1S/C15H22N2O4S/c1-12(2)21-14-8-4-3-7-13(14)16-15(18)11-17-9-5-6-10-22(17,19)20/h3-4,7-8,12H,5-6,9-11H2,1-2H3,(H,16,18). The summed E-state index contributed by atoms with van der Waals surface area (Å²) in [5.41, 5.74) is 0.551. The summed E-state index contributed by atoms with van der Waals surface area (Å²) in [4.78, 5) is 12.1. The predicted octanol–water partition coefficient (Wildman–Crippen LogP) is 1.84. The largest absolute Gasteiger partial charge is 0.489 e. The molecule has 1 aliphatic rings. The molecule has 6 nitrogen and oxygen atoms in total. The van der Waals surface area contributed by atoms with Crippen molar-refractivity contribution >= 4 is 21.6 Å². The number of carbonyl (C=O) groups is 1. The number of anilines is 1. The van der Waals surface area contributed by atoms with Gasteiger partial charge >= 0.3 is 0 Å². The Morgan fingerprint density at radius 3 is 2.73 bits per heavy atom. The van der Waals surface area contributed by atoms with E-state index in [0.29, 0.717) is 24.4 Å². The van der Waals surface area contributed by atoms with Gasteiger partial charge in [0.2, 0.25) is 15.9 Å². The van der Waals surface area contributed by atoms with Crippen molar-refractivity contribution in [2.45, 2.75) is 32.8 Å². The number of hydrogen-bond acceptors (Lipinski definition) is 4. The van der Waals surface area contributed by atoms with Crippen molar-refractivity contribution in [2.75, 3.05) is 24.2 Å². The number of para-hydroxylation sites is 2. The van der Waals surface area contributed by atoms with Crippen molar-refractivity contribution in [3.8, 4) is 5.75 Å². The molecule has 22 heavy (non-hydrogen) atoms. The lowest BCUT2D eigenvalue weighted by atomic mass is 10.3. The minimum Gasteiger partial charge on any atom is -0.489 e. The fourth-order valence-corrected chi connectivity index (χ4v) is 3.84. The van der Waals surface area contributed by atoms with Gasteiger partial charge in [-0.05, 0) is 38.8 Å². The summed E-state index contributed by atoms with van der Waals surface area (Å²) in [5, 5.41) is 2.73. The van der Waals surface area contributed by atoms with E-state index in [-0.39, 0.29) is 24.3 Å². The maximum absolute atomic E-state index is 12.1. The van der Waals surface area contributed by atoms with Crippen LogP contribution in [0.15, 0.2) is 24.3 Å². The third-order valence-corrected chi connectivity index (χ3v) is 5.20. The van der Waals surface area contributed by atoms with Gasteiger partial charge in [-0.25, -0.2) is 8.42 Å². The summed E-state index contributed by atoms with van der Waals surface area (Å²) in [5.74, 6) is 0.338. The van der Waals surface area contributed by atoms with Gasteiger partial charge in [-0.1, -0.05) is 12.1 Å². The highest BCUT2D eigenvalue weighted by atomic mass is 32.2. The van der Waals surface area contributed by atoms with E-state index in [9.17, 15) is 13.2 Å². The maximum Gasteiger partial charge on any atom is 0.239 e. The molecule has 1 aromatic rings. The van der Waals surface area contributed by atoms with Gasteiger partial charge in [0.15, 0.2) is 0 Å². The first kappa shape index (κ1) is 16.8. The first-order chi connectivity index (χ1) is 10.4. The first-order valence-electron chi connectivity index (χ1n) is 7.42. The molecule has 1 heterocycles. The van der Waals surface area contributed by atoms with E-state index in [1.807, 2.05) is 19.9 Å². The number of nitrogens with zero attached hydrogens (tertiary/aromatic N) is 1. The lowest BCUT2D eigenvalue weighted by Crippen LogP contribution is -2.42. The Morgan fingerprint density at radius 2 is 2.05 bits per heavy atom. The lowest BCUT2D eigenvalue weighted by molar-refractivity contribution is -0.116. The number of nitrogens with one attached hydrogen (secondary N) is 1. The highest BCUT2D eigenvalue weighted by Gasteiger charge is 2.27. The fourth-order valence-electron chi connectivity index (χ4n) is 2.29. The number of amides is 1. The molecule has 2 rings (SSSR count). The molecule has 1 fully saturated rings. The van der Waals surface area contributed by atoms with E-state index < -0.39 is 10.0 Å². The summed E-state index contributed by atoms with van der Waals surface area (Å²) < 4.78 is 30.7. The number of ether oxygens (including phenoxy) is 1. The van der Waals surface area contributed by atoms with Crippen LogP contribution in [0.2, 0.25) is 0 Å². The van der Waals surface area contributed by atoms with E-state index in [4.69, 9.17) is 4.74 Å². The molecule has 0 atom stereocenters. The second-order valence-corrected chi connectivity index (χ2v) is 7.66. The molecule has 122 valence electrons. The maximum atomic E-state index is 12.1. The quantitative estimate of drug-likeness (QED) is 0.896. The summed E-state index contributed by atoms with van der Waals surface area (Å²) in [6.45, 7) is 4.05. The highest BCUT2D eigenvalue weighted by molar-refractivity contribution is 7.89. The van der Waals surface area contributed by atoms with Gasteiger partial charge in [0.1, 0.15) is 5.75 Å². The molecule has 7 heteroatoms. The van der Waals surface area contributed by atoms with Crippen molar-refractivity contribution in [1.82, 2.24) is 4.31 Å². The summed E-state index contributed by atoms with van der Waals surface area (Å²) in [6, 6.07) is 7.12. The number of hydrogen-bond donors (Lipinski definition) is 1. The summed E-state index contributed by atoms with van der Waals surface area (Å²) >= 11 is 0. The van der Waals surface area contributed by atoms with E-state index in [1.165, 1.54) is 4.31 Å². The van der Waals surface area contributed by atoms with E-state index in [0.717, 1.165) is 6.42 Å². The topological polar surface area (TPSA) is 75.7 Å². The van der Waals surface area contributed by atoms with Gasteiger partial charge in [0.05, 0.1) is 24.1 Å². The van der Waals surface area contributed by atoms with E-state index >= 15 is 0 Å². The molecular formula is C15H22N2O4S. The van der Waals surface area contributed by atoms with Crippen LogP contribution in [-0.2, 0) is 14.8 Å².